The number of carboxylic acid groups (broad SMARTS) is 1. The molecule has 9 heteroatoms. The van der Waals surface area contributed by atoms with E-state index >= 15 is 0 Å². The van der Waals surface area contributed by atoms with Crippen LogP contribution in [0.25, 0.3) is 5.95 Å². The van der Waals surface area contributed by atoms with Crippen molar-refractivity contribution in [3.63, 3.8) is 0 Å². The van der Waals surface area contributed by atoms with Gasteiger partial charge in [0.1, 0.15) is 5.82 Å². The standard InChI is InChI=1S/C17H15N5O4/c1-9-8-14(23)20-17(18-9)22-13(7-10(2)21-22)19-15(24)11-5-3-4-6-12(11)16(25)26/h3-8H,1-2H3,(H,19,24)(H,25,26)(H,18,20,23)/p-1. The van der Waals surface area contributed by atoms with Crippen LogP contribution in [-0.2, 0) is 0 Å². The average molecular weight is 352 g/mol. The van der Waals surface area contributed by atoms with E-state index in [9.17, 15) is 19.5 Å². The van der Waals surface area contributed by atoms with Gasteiger partial charge < -0.3 is 15.2 Å². The zero-order valence-electron chi connectivity index (χ0n) is 13.9. The van der Waals surface area contributed by atoms with Gasteiger partial charge in [-0.3, -0.25) is 14.6 Å². The molecular weight excluding hydrogens is 338 g/mol. The molecule has 0 aliphatic rings. The molecule has 2 heterocycles. The number of anilines is 1. The van der Waals surface area contributed by atoms with Crippen LogP contribution in [0.2, 0.25) is 0 Å². The van der Waals surface area contributed by atoms with E-state index in [1.165, 1.54) is 28.9 Å². The predicted molar refractivity (Wildman–Crippen MR) is 90.2 cm³/mol. The second-order valence-corrected chi connectivity index (χ2v) is 5.58. The van der Waals surface area contributed by atoms with E-state index in [2.05, 4.69) is 20.4 Å². The predicted octanol–water partition coefficient (Wildman–Crippen LogP) is 0.188. The number of aromatic carboxylic acids is 1. The summed E-state index contributed by atoms with van der Waals surface area (Å²) in [7, 11) is 0. The lowest BCUT2D eigenvalue weighted by Crippen LogP contribution is -2.27. The summed E-state index contributed by atoms with van der Waals surface area (Å²) in [6.45, 7) is 3.36. The summed E-state index contributed by atoms with van der Waals surface area (Å²) in [5.41, 5.74) is 0.410. The number of benzene rings is 1. The minimum absolute atomic E-state index is 0.0522. The fourth-order valence-corrected chi connectivity index (χ4v) is 2.46. The molecule has 3 rings (SSSR count). The van der Waals surface area contributed by atoms with Crippen molar-refractivity contribution in [2.45, 2.75) is 13.8 Å². The highest BCUT2D eigenvalue weighted by atomic mass is 16.4. The van der Waals surface area contributed by atoms with Gasteiger partial charge in [-0.05, 0) is 19.9 Å². The maximum Gasteiger partial charge on any atom is 0.257 e. The van der Waals surface area contributed by atoms with Crippen LogP contribution in [0.5, 0.6) is 0 Å². The van der Waals surface area contributed by atoms with E-state index in [1.54, 1.807) is 26.0 Å². The number of hydrogen-bond donors (Lipinski definition) is 2. The Morgan fingerprint density at radius 1 is 1.12 bits per heavy atom. The first-order valence-electron chi connectivity index (χ1n) is 7.62. The number of aryl methyl sites for hydroxylation is 2. The van der Waals surface area contributed by atoms with Crippen LogP contribution in [0.15, 0.2) is 41.2 Å². The number of carboxylic acids is 1. The summed E-state index contributed by atoms with van der Waals surface area (Å²) in [6, 6.07) is 8.60. The van der Waals surface area contributed by atoms with E-state index in [4.69, 9.17) is 0 Å². The number of amides is 1. The number of carbonyl (C=O) groups excluding carboxylic acids is 2. The minimum Gasteiger partial charge on any atom is -0.545 e. The molecule has 0 aliphatic carbocycles. The molecule has 26 heavy (non-hydrogen) atoms. The van der Waals surface area contributed by atoms with E-state index in [0.717, 1.165) is 0 Å². The Labute approximate surface area is 147 Å². The number of H-pyrrole nitrogens is 1. The summed E-state index contributed by atoms with van der Waals surface area (Å²) in [6.07, 6.45) is 0. The third-order valence-corrected chi connectivity index (χ3v) is 3.52. The topological polar surface area (TPSA) is 133 Å². The van der Waals surface area contributed by atoms with Crippen molar-refractivity contribution in [3.8, 4) is 5.95 Å². The fourth-order valence-electron chi connectivity index (χ4n) is 2.46. The molecule has 9 nitrogen and oxygen atoms in total. The van der Waals surface area contributed by atoms with E-state index in [-0.39, 0.29) is 28.5 Å². The van der Waals surface area contributed by atoms with Gasteiger partial charge in [0.15, 0.2) is 0 Å². The number of aromatic amines is 1. The lowest BCUT2D eigenvalue weighted by Gasteiger charge is -2.11. The Morgan fingerprint density at radius 3 is 2.46 bits per heavy atom. The molecule has 0 saturated heterocycles. The summed E-state index contributed by atoms with van der Waals surface area (Å²) in [5, 5.41) is 18.0. The summed E-state index contributed by atoms with van der Waals surface area (Å²) in [4.78, 5) is 42.1. The van der Waals surface area contributed by atoms with E-state index < -0.39 is 11.9 Å². The Morgan fingerprint density at radius 2 is 1.81 bits per heavy atom. The third-order valence-electron chi connectivity index (χ3n) is 3.52. The van der Waals surface area contributed by atoms with Gasteiger partial charge in [-0.1, -0.05) is 18.2 Å². The van der Waals surface area contributed by atoms with Gasteiger partial charge in [0, 0.05) is 29.0 Å². The molecule has 0 spiro atoms. The second-order valence-electron chi connectivity index (χ2n) is 5.58. The Kier molecular flexibility index (Phi) is 4.36. The molecule has 132 valence electrons. The normalized spacial score (nSPS) is 10.5. The number of aromatic nitrogens is 4. The number of hydrogen-bond acceptors (Lipinski definition) is 6. The van der Waals surface area contributed by atoms with Crippen molar-refractivity contribution in [2.75, 3.05) is 5.32 Å². The van der Waals surface area contributed by atoms with Crippen LogP contribution < -0.4 is 16.0 Å². The maximum absolute atomic E-state index is 12.5. The summed E-state index contributed by atoms with van der Waals surface area (Å²) >= 11 is 0. The number of nitrogens with zero attached hydrogens (tertiary/aromatic N) is 3. The molecule has 0 radical (unpaired) electrons. The highest BCUT2D eigenvalue weighted by molar-refractivity contribution is 6.10. The zero-order valence-corrected chi connectivity index (χ0v) is 13.9. The minimum atomic E-state index is -1.45. The van der Waals surface area contributed by atoms with Crippen molar-refractivity contribution >= 4 is 17.7 Å². The third kappa shape index (κ3) is 3.36. The second kappa shape index (κ2) is 6.63. The molecular formula is C17H14N5O4-. The van der Waals surface area contributed by atoms with Crippen LogP contribution >= 0.6 is 0 Å². The first-order chi connectivity index (χ1) is 12.3. The van der Waals surface area contributed by atoms with Gasteiger partial charge >= 0.3 is 0 Å². The van der Waals surface area contributed by atoms with Crippen LogP contribution in [-0.4, -0.2) is 31.6 Å². The molecule has 0 unspecified atom stereocenters. The van der Waals surface area contributed by atoms with Gasteiger partial charge in [0.05, 0.1) is 11.7 Å². The Balaban J connectivity index is 2.01. The van der Waals surface area contributed by atoms with Gasteiger partial charge in [0.25, 0.3) is 11.5 Å². The van der Waals surface area contributed by atoms with Crippen molar-refractivity contribution < 1.29 is 14.7 Å². The lowest BCUT2D eigenvalue weighted by atomic mass is 10.1. The van der Waals surface area contributed by atoms with Crippen LogP contribution in [0, 0.1) is 13.8 Å². The largest absolute Gasteiger partial charge is 0.545 e. The SMILES string of the molecule is Cc1cc(=O)[nH]c(-n2nc(C)cc2NC(=O)c2ccccc2C(=O)[O-])n1. The fraction of sp³-hybridized carbons (Fsp3) is 0.118. The number of rotatable bonds is 4. The van der Waals surface area contributed by atoms with E-state index in [0.29, 0.717) is 11.4 Å². The molecule has 0 aliphatic heterocycles. The number of carbonyl (C=O) groups is 2. The van der Waals surface area contributed by atoms with Crippen molar-refractivity contribution in [3.05, 3.63) is 69.3 Å². The van der Waals surface area contributed by atoms with Crippen LogP contribution in [0.3, 0.4) is 0 Å². The Hall–Kier alpha value is -3.75. The zero-order chi connectivity index (χ0) is 18.8. The Bertz CT molecular complexity index is 1070. The lowest BCUT2D eigenvalue weighted by molar-refractivity contribution is -0.255. The highest BCUT2D eigenvalue weighted by Crippen LogP contribution is 2.16. The molecule has 1 aromatic carbocycles. The highest BCUT2D eigenvalue weighted by Gasteiger charge is 2.16. The molecule has 3 aromatic rings. The first-order valence-corrected chi connectivity index (χ1v) is 7.62. The van der Waals surface area contributed by atoms with Crippen molar-refractivity contribution in [2.24, 2.45) is 0 Å². The molecule has 0 atom stereocenters. The van der Waals surface area contributed by atoms with Crippen molar-refractivity contribution in [1.82, 2.24) is 19.7 Å². The molecule has 0 fully saturated rings. The van der Waals surface area contributed by atoms with E-state index in [1.807, 2.05) is 0 Å². The van der Waals surface area contributed by atoms with Crippen LogP contribution in [0.4, 0.5) is 5.82 Å². The summed E-state index contributed by atoms with van der Waals surface area (Å²) in [5.74, 6) is -1.74. The van der Waals surface area contributed by atoms with Gasteiger partial charge in [0.2, 0.25) is 5.95 Å². The monoisotopic (exact) mass is 352 g/mol. The quantitative estimate of drug-likeness (QED) is 0.688. The first kappa shape index (κ1) is 17.1. The summed E-state index contributed by atoms with van der Waals surface area (Å²) < 4.78 is 1.27. The van der Waals surface area contributed by atoms with Gasteiger partial charge in [-0.2, -0.15) is 9.78 Å². The average Bonchev–Trinajstić information content (AvgIpc) is 2.94. The van der Waals surface area contributed by atoms with Crippen molar-refractivity contribution in [1.29, 1.82) is 0 Å². The molecule has 2 aromatic heterocycles. The van der Waals surface area contributed by atoms with Gasteiger partial charge in [-0.15, -0.1) is 0 Å². The smallest absolute Gasteiger partial charge is 0.257 e. The molecule has 1 amide bonds. The number of nitrogens with one attached hydrogen (secondary N) is 2. The van der Waals surface area contributed by atoms with Crippen LogP contribution in [0.1, 0.15) is 32.1 Å². The maximum atomic E-state index is 12.5. The molecule has 2 N–H and O–H groups in total. The van der Waals surface area contributed by atoms with Gasteiger partial charge in [-0.25, -0.2) is 4.98 Å². The molecule has 0 bridgehead atoms. The molecule has 0 saturated carbocycles.